The molecule has 0 aromatic heterocycles. The highest BCUT2D eigenvalue weighted by Gasteiger charge is 2.28. The number of aliphatic hydroxyl groups is 1. The van der Waals surface area contributed by atoms with Gasteiger partial charge in [0.15, 0.2) is 0 Å². The molecule has 1 unspecified atom stereocenters. The third kappa shape index (κ3) is 2.13. The van der Waals surface area contributed by atoms with Gasteiger partial charge in [0.05, 0.1) is 11.8 Å². The monoisotopic (exact) mass is 234 g/mol. The molecule has 1 N–H and O–H groups in total. The van der Waals surface area contributed by atoms with Crippen molar-refractivity contribution in [3.8, 4) is 0 Å². The van der Waals surface area contributed by atoms with Crippen LogP contribution in [0.1, 0.15) is 25.0 Å². The Bertz CT molecular complexity index is 420. The molecule has 0 radical (unpaired) electrons. The van der Waals surface area contributed by atoms with Crippen LogP contribution in [0.25, 0.3) is 0 Å². The number of amides is 2. The van der Waals surface area contributed by atoms with Crippen molar-refractivity contribution in [2.24, 2.45) is 0 Å². The summed E-state index contributed by atoms with van der Waals surface area (Å²) < 4.78 is 0. The summed E-state index contributed by atoms with van der Waals surface area (Å²) in [5.74, 6) is 0. The average Bonchev–Trinajstić information content (AvgIpc) is 2.38. The maximum atomic E-state index is 12.2. The van der Waals surface area contributed by atoms with Gasteiger partial charge in [-0.2, -0.15) is 0 Å². The quantitative estimate of drug-likeness (QED) is 0.807. The van der Waals surface area contributed by atoms with E-state index in [1.165, 1.54) is 0 Å². The van der Waals surface area contributed by atoms with Crippen LogP contribution in [0.15, 0.2) is 24.3 Å². The van der Waals surface area contributed by atoms with E-state index in [0.717, 1.165) is 11.3 Å². The Labute approximate surface area is 101 Å². The van der Waals surface area contributed by atoms with E-state index in [1.807, 2.05) is 31.2 Å². The number of aliphatic hydroxyl groups excluding tert-OH is 1. The fourth-order valence-electron chi connectivity index (χ4n) is 2.08. The molecule has 1 aromatic rings. The Morgan fingerprint density at radius 1 is 1.53 bits per heavy atom. The maximum absolute atomic E-state index is 12.2. The van der Waals surface area contributed by atoms with Gasteiger partial charge in [-0.05, 0) is 19.4 Å². The number of benzene rings is 1. The Hall–Kier alpha value is -1.55. The van der Waals surface area contributed by atoms with Crippen LogP contribution in [-0.4, -0.2) is 36.2 Å². The van der Waals surface area contributed by atoms with Gasteiger partial charge in [-0.25, -0.2) is 4.79 Å². The van der Waals surface area contributed by atoms with Crippen molar-refractivity contribution in [2.75, 3.05) is 25.0 Å². The van der Waals surface area contributed by atoms with Crippen molar-refractivity contribution in [1.29, 1.82) is 0 Å². The fourth-order valence-corrected chi connectivity index (χ4v) is 2.08. The van der Waals surface area contributed by atoms with Crippen molar-refractivity contribution in [1.82, 2.24) is 4.90 Å². The van der Waals surface area contributed by atoms with Crippen molar-refractivity contribution in [3.63, 3.8) is 0 Å². The first kappa shape index (κ1) is 11.9. The van der Waals surface area contributed by atoms with E-state index in [9.17, 15) is 9.90 Å². The van der Waals surface area contributed by atoms with Crippen LogP contribution in [0.3, 0.4) is 0 Å². The number of anilines is 1. The largest absolute Gasteiger partial charge is 0.388 e. The number of urea groups is 1. The first-order chi connectivity index (χ1) is 8.15. The Kier molecular flexibility index (Phi) is 3.33. The van der Waals surface area contributed by atoms with E-state index in [-0.39, 0.29) is 6.03 Å². The lowest BCUT2D eigenvalue weighted by molar-refractivity contribution is 0.162. The van der Waals surface area contributed by atoms with Crippen molar-refractivity contribution < 1.29 is 9.90 Å². The summed E-state index contributed by atoms with van der Waals surface area (Å²) in [4.78, 5) is 15.6. The van der Waals surface area contributed by atoms with Crippen LogP contribution >= 0.6 is 0 Å². The van der Waals surface area contributed by atoms with Crippen LogP contribution in [0.2, 0.25) is 0 Å². The predicted molar refractivity (Wildman–Crippen MR) is 67.1 cm³/mol. The highest BCUT2D eigenvalue weighted by Crippen LogP contribution is 2.33. The summed E-state index contributed by atoms with van der Waals surface area (Å²) in [6, 6.07) is 7.54. The van der Waals surface area contributed by atoms with E-state index in [2.05, 4.69) is 0 Å². The molecule has 2 amide bonds. The second kappa shape index (κ2) is 4.75. The lowest BCUT2D eigenvalue weighted by Crippen LogP contribution is -2.44. The molecule has 92 valence electrons. The molecule has 0 saturated heterocycles. The van der Waals surface area contributed by atoms with Gasteiger partial charge in [-0.3, -0.25) is 4.90 Å². The number of fused-ring (bicyclic) bond motifs is 1. The number of rotatable bonds is 1. The number of nitrogens with zero attached hydrogens (tertiary/aromatic N) is 2. The molecule has 1 heterocycles. The molecule has 0 spiro atoms. The van der Waals surface area contributed by atoms with E-state index in [4.69, 9.17) is 0 Å². The van der Waals surface area contributed by atoms with Gasteiger partial charge in [-0.1, -0.05) is 18.2 Å². The maximum Gasteiger partial charge on any atom is 0.324 e. The lowest BCUT2D eigenvalue weighted by Gasteiger charge is -2.34. The number of carbonyl (C=O) groups excluding carboxylic acids is 1. The first-order valence-corrected chi connectivity index (χ1v) is 5.94. The molecule has 4 heteroatoms. The zero-order valence-electron chi connectivity index (χ0n) is 10.3. The number of carbonyl (C=O) groups is 1. The van der Waals surface area contributed by atoms with Gasteiger partial charge in [0, 0.05) is 25.7 Å². The molecule has 1 aliphatic rings. The van der Waals surface area contributed by atoms with Crippen molar-refractivity contribution in [2.45, 2.75) is 19.4 Å². The van der Waals surface area contributed by atoms with Gasteiger partial charge < -0.3 is 10.0 Å². The Morgan fingerprint density at radius 3 is 2.94 bits per heavy atom. The summed E-state index contributed by atoms with van der Waals surface area (Å²) in [5, 5.41) is 9.91. The molecule has 1 aliphatic heterocycles. The summed E-state index contributed by atoms with van der Waals surface area (Å²) >= 11 is 0. The average molecular weight is 234 g/mol. The molecule has 1 atom stereocenters. The highest BCUT2D eigenvalue weighted by molar-refractivity contribution is 5.93. The Balaban J connectivity index is 2.33. The summed E-state index contributed by atoms with van der Waals surface area (Å²) in [5.41, 5.74) is 1.67. The van der Waals surface area contributed by atoms with Crippen molar-refractivity contribution in [3.05, 3.63) is 29.8 Å². The summed E-state index contributed by atoms with van der Waals surface area (Å²) in [6.45, 7) is 3.20. The van der Waals surface area contributed by atoms with E-state index >= 15 is 0 Å². The van der Waals surface area contributed by atoms with E-state index in [0.29, 0.717) is 19.5 Å². The summed E-state index contributed by atoms with van der Waals surface area (Å²) in [7, 11) is 1.79. The van der Waals surface area contributed by atoms with Crippen LogP contribution in [0.4, 0.5) is 10.5 Å². The fraction of sp³-hybridized carbons (Fsp3) is 0.462. The van der Waals surface area contributed by atoms with Crippen LogP contribution in [0, 0.1) is 0 Å². The van der Waals surface area contributed by atoms with Gasteiger partial charge >= 0.3 is 6.03 Å². The van der Waals surface area contributed by atoms with Crippen molar-refractivity contribution >= 4 is 11.7 Å². The standard InChI is InChI=1S/C13H18N2O2/c1-3-14(2)13(17)15-9-8-12(16)10-6-4-5-7-11(10)15/h4-7,12,16H,3,8-9H2,1-2H3. The third-order valence-electron chi connectivity index (χ3n) is 3.24. The molecular weight excluding hydrogens is 216 g/mol. The molecule has 0 aliphatic carbocycles. The minimum absolute atomic E-state index is 0.00755. The SMILES string of the molecule is CCN(C)C(=O)N1CCC(O)c2ccccc21. The van der Waals surface area contributed by atoms with Gasteiger partial charge in [-0.15, -0.1) is 0 Å². The number of hydrogen-bond acceptors (Lipinski definition) is 2. The number of para-hydroxylation sites is 1. The van der Waals surface area contributed by atoms with Crippen LogP contribution < -0.4 is 4.90 Å². The Morgan fingerprint density at radius 2 is 2.24 bits per heavy atom. The first-order valence-electron chi connectivity index (χ1n) is 5.94. The molecule has 0 fully saturated rings. The van der Waals surface area contributed by atoms with Gasteiger partial charge in [0.25, 0.3) is 0 Å². The van der Waals surface area contributed by atoms with Crippen LogP contribution in [-0.2, 0) is 0 Å². The molecule has 0 saturated carbocycles. The minimum Gasteiger partial charge on any atom is -0.388 e. The molecule has 0 bridgehead atoms. The summed E-state index contributed by atoms with van der Waals surface area (Å²) in [6.07, 6.45) is 0.141. The zero-order chi connectivity index (χ0) is 12.4. The van der Waals surface area contributed by atoms with E-state index < -0.39 is 6.10 Å². The predicted octanol–water partition coefficient (Wildman–Crippen LogP) is 2.00. The molecule has 2 rings (SSSR count). The number of hydrogen-bond donors (Lipinski definition) is 1. The van der Waals surface area contributed by atoms with Gasteiger partial charge in [0.1, 0.15) is 0 Å². The van der Waals surface area contributed by atoms with E-state index in [1.54, 1.807) is 16.8 Å². The third-order valence-corrected chi connectivity index (χ3v) is 3.24. The zero-order valence-corrected chi connectivity index (χ0v) is 10.3. The lowest BCUT2D eigenvalue weighted by atomic mass is 9.99. The van der Waals surface area contributed by atoms with Crippen LogP contribution in [0.5, 0.6) is 0 Å². The second-order valence-corrected chi connectivity index (χ2v) is 4.31. The smallest absolute Gasteiger partial charge is 0.324 e. The highest BCUT2D eigenvalue weighted by atomic mass is 16.3. The second-order valence-electron chi connectivity index (χ2n) is 4.31. The molecule has 4 nitrogen and oxygen atoms in total. The molecule has 17 heavy (non-hydrogen) atoms. The molecule has 1 aromatic carbocycles. The topological polar surface area (TPSA) is 43.8 Å². The minimum atomic E-state index is -0.456. The molecular formula is C13H18N2O2. The normalized spacial score (nSPS) is 18.8. The van der Waals surface area contributed by atoms with Gasteiger partial charge in [0.2, 0.25) is 0 Å².